The van der Waals surface area contributed by atoms with Crippen LogP contribution in [0.1, 0.15) is 0 Å². The van der Waals surface area contributed by atoms with E-state index < -0.39 is 0 Å². The molecule has 6 aromatic carbocycles. The molecule has 0 saturated carbocycles. The lowest BCUT2D eigenvalue weighted by Crippen LogP contribution is -2.05. The number of benzene rings is 6. The van der Waals surface area contributed by atoms with Crippen molar-refractivity contribution in [2.75, 3.05) is 0 Å². The van der Waals surface area contributed by atoms with Gasteiger partial charge in [0.1, 0.15) is 0 Å². The highest BCUT2D eigenvalue weighted by Crippen LogP contribution is 2.40. The zero-order valence-electron chi connectivity index (χ0n) is 22.1. The Morgan fingerprint density at radius 3 is 1.44 bits per heavy atom. The van der Waals surface area contributed by atoms with Crippen molar-refractivity contribution in [3.63, 3.8) is 0 Å². The van der Waals surface area contributed by atoms with E-state index in [9.17, 15) is 0 Å². The highest BCUT2D eigenvalue weighted by atomic mass is 15.2. The van der Waals surface area contributed by atoms with Crippen molar-refractivity contribution in [3.05, 3.63) is 146 Å². The Kier molecular flexibility index (Phi) is 4.58. The summed E-state index contributed by atoms with van der Waals surface area (Å²) in [5.41, 5.74) is 8.98. The maximum absolute atomic E-state index is 5.25. The van der Waals surface area contributed by atoms with Crippen LogP contribution in [0.25, 0.3) is 72.0 Å². The highest BCUT2D eigenvalue weighted by Gasteiger charge is 2.22. The van der Waals surface area contributed by atoms with Crippen molar-refractivity contribution in [2.24, 2.45) is 0 Å². The number of hydrogen-bond acceptors (Lipinski definition) is 1. The van der Waals surface area contributed by atoms with Gasteiger partial charge < -0.3 is 4.57 Å². The molecule has 4 heteroatoms. The van der Waals surface area contributed by atoms with Gasteiger partial charge in [-0.15, -0.1) is 0 Å². The number of aromatic nitrogens is 4. The van der Waals surface area contributed by atoms with Gasteiger partial charge in [-0.1, -0.05) is 84.9 Å². The molecule has 3 aromatic heterocycles. The molecule has 9 rings (SSSR count). The number of hydrogen-bond donors (Lipinski definition) is 0. The SMILES string of the molecule is c1ccc(-n2c(-n3c4ccccc4c4cc5c(cc43)c3ccccc3n5-c3ccccc3)nc3ccccc32)cc1. The fraction of sp³-hybridized carbons (Fsp3) is 0. The zero-order chi connectivity index (χ0) is 26.9. The van der Waals surface area contributed by atoms with Gasteiger partial charge in [0, 0.05) is 32.9 Å². The van der Waals surface area contributed by atoms with Gasteiger partial charge in [0.2, 0.25) is 5.95 Å². The Hall–Kier alpha value is -5.61. The second kappa shape index (κ2) is 8.44. The number of rotatable bonds is 3. The van der Waals surface area contributed by atoms with Gasteiger partial charge in [-0.25, -0.2) is 4.98 Å². The van der Waals surface area contributed by atoms with Crippen LogP contribution in [0, 0.1) is 0 Å². The Morgan fingerprint density at radius 2 is 0.805 bits per heavy atom. The minimum absolute atomic E-state index is 0.884. The summed E-state index contributed by atoms with van der Waals surface area (Å²) >= 11 is 0. The van der Waals surface area contributed by atoms with Gasteiger partial charge in [-0.3, -0.25) is 9.13 Å². The summed E-state index contributed by atoms with van der Waals surface area (Å²) in [6, 6.07) is 51.7. The lowest BCUT2D eigenvalue weighted by molar-refractivity contribution is 0.956. The molecule has 0 saturated heterocycles. The predicted molar refractivity (Wildman–Crippen MR) is 170 cm³/mol. The smallest absolute Gasteiger partial charge is 0.220 e. The molecule has 0 unspecified atom stereocenters. The molecule has 0 spiro atoms. The van der Waals surface area contributed by atoms with E-state index in [2.05, 4.69) is 159 Å². The van der Waals surface area contributed by atoms with E-state index in [0.29, 0.717) is 0 Å². The van der Waals surface area contributed by atoms with Crippen LogP contribution in [0.3, 0.4) is 0 Å². The summed E-state index contributed by atoms with van der Waals surface area (Å²) in [5.74, 6) is 0.884. The molecule has 9 aromatic rings. The lowest BCUT2D eigenvalue weighted by Gasteiger charge is -2.12. The van der Waals surface area contributed by atoms with Crippen molar-refractivity contribution in [2.45, 2.75) is 0 Å². The molecule has 0 radical (unpaired) electrons. The average Bonchev–Trinajstić information content (AvgIpc) is 3.68. The van der Waals surface area contributed by atoms with E-state index in [4.69, 9.17) is 4.98 Å². The predicted octanol–water partition coefficient (Wildman–Crippen LogP) is 9.22. The third-order valence-corrected chi connectivity index (χ3v) is 8.24. The van der Waals surface area contributed by atoms with Crippen LogP contribution in [0.4, 0.5) is 0 Å². The summed E-state index contributed by atoms with van der Waals surface area (Å²) in [7, 11) is 0. The van der Waals surface area contributed by atoms with E-state index >= 15 is 0 Å². The van der Waals surface area contributed by atoms with E-state index in [1.807, 2.05) is 0 Å². The van der Waals surface area contributed by atoms with Crippen molar-refractivity contribution in [1.29, 1.82) is 0 Å². The molecule has 0 fully saturated rings. The molecule has 3 heterocycles. The molecule has 0 atom stereocenters. The number of fused-ring (bicyclic) bond motifs is 7. The molecule has 41 heavy (non-hydrogen) atoms. The molecule has 4 nitrogen and oxygen atoms in total. The number of nitrogens with zero attached hydrogens (tertiary/aromatic N) is 4. The van der Waals surface area contributed by atoms with Crippen LogP contribution in [-0.4, -0.2) is 18.7 Å². The van der Waals surface area contributed by atoms with Crippen molar-refractivity contribution < 1.29 is 0 Å². The molecule has 0 N–H and O–H groups in total. The maximum atomic E-state index is 5.25. The van der Waals surface area contributed by atoms with Gasteiger partial charge in [0.05, 0.1) is 33.1 Å². The van der Waals surface area contributed by atoms with E-state index in [1.54, 1.807) is 0 Å². The molecule has 0 aliphatic rings. The fourth-order valence-electron chi connectivity index (χ4n) is 6.50. The van der Waals surface area contributed by atoms with Crippen LogP contribution in [-0.2, 0) is 0 Å². The van der Waals surface area contributed by atoms with Gasteiger partial charge in [-0.2, -0.15) is 0 Å². The number of imidazole rings is 1. The van der Waals surface area contributed by atoms with Crippen LogP contribution >= 0.6 is 0 Å². The Labute approximate surface area is 235 Å². The molecular weight excluding hydrogens is 500 g/mol. The second-order valence-electron chi connectivity index (χ2n) is 10.5. The van der Waals surface area contributed by atoms with Gasteiger partial charge in [0.25, 0.3) is 0 Å². The molecule has 192 valence electrons. The first-order valence-corrected chi connectivity index (χ1v) is 13.9. The fourth-order valence-corrected chi connectivity index (χ4v) is 6.50. The first kappa shape index (κ1) is 22.2. The highest BCUT2D eigenvalue weighted by molar-refractivity contribution is 6.19. The standard InChI is InChI=1S/C37H24N4/c1-3-13-25(14-4-1)39-32-20-10-7-17-27(32)29-24-36-30(23-35(29)39)28-18-8-11-21-33(28)41(36)37-38-31-19-9-12-22-34(31)40(37)26-15-5-2-6-16-26/h1-24H. The molecular formula is C37H24N4. The van der Waals surface area contributed by atoms with Gasteiger partial charge >= 0.3 is 0 Å². The number of para-hydroxylation sites is 6. The zero-order valence-corrected chi connectivity index (χ0v) is 22.1. The monoisotopic (exact) mass is 524 g/mol. The Morgan fingerprint density at radius 1 is 0.341 bits per heavy atom. The molecule has 0 aliphatic carbocycles. The van der Waals surface area contributed by atoms with Crippen LogP contribution in [0.5, 0.6) is 0 Å². The minimum atomic E-state index is 0.884. The first-order chi connectivity index (χ1) is 20.4. The topological polar surface area (TPSA) is 27.7 Å². The van der Waals surface area contributed by atoms with Crippen LogP contribution < -0.4 is 0 Å². The van der Waals surface area contributed by atoms with E-state index in [1.165, 1.54) is 32.6 Å². The third kappa shape index (κ3) is 3.13. The summed E-state index contributed by atoms with van der Waals surface area (Å²) in [5, 5.41) is 4.88. The minimum Gasteiger partial charge on any atom is -0.309 e. The van der Waals surface area contributed by atoms with E-state index in [0.717, 1.165) is 39.4 Å². The second-order valence-corrected chi connectivity index (χ2v) is 10.5. The lowest BCUT2D eigenvalue weighted by atomic mass is 10.1. The van der Waals surface area contributed by atoms with Gasteiger partial charge in [0.15, 0.2) is 0 Å². The normalized spacial score (nSPS) is 11.9. The van der Waals surface area contributed by atoms with Crippen LogP contribution in [0.15, 0.2) is 146 Å². The van der Waals surface area contributed by atoms with Crippen molar-refractivity contribution in [3.8, 4) is 17.3 Å². The van der Waals surface area contributed by atoms with Crippen molar-refractivity contribution in [1.82, 2.24) is 18.7 Å². The molecule has 0 bridgehead atoms. The summed E-state index contributed by atoms with van der Waals surface area (Å²) in [4.78, 5) is 5.25. The quantitative estimate of drug-likeness (QED) is 0.226. The van der Waals surface area contributed by atoms with Crippen LogP contribution in [0.2, 0.25) is 0 Å². The van der Waals surface area contributed by atoms with Crippen molar-refractivity contribution >= 4 is 54.6 Å². The summed E-state index contributed by atoms with van der Waals surface area (Å²) < 4.78 is 7.00. The summed E-state index contributed by atoms with van der Waals surface area (Å²) in [6.07, 6.45) is 0. The average molecular weight is 525 g/mol. The molecule has 0 amide bonds. The largest absolute Gasteiger partial charge is 0.309 e. The van der Waals surface area contributed by atoms with Gasteiger partial charge in [-0.05, 0) is 60.7 Å². The molecule has 0 aliphatic heterocycles. The maximum Gasteiger partial charge on any atom is 0.220 e. The first-order valence-electron chi connectivity index (χ1n) is 13.9. The van der Waals surface area contributed by atoms with E-state index in [-0.39, 0.29) is 0 Å². The Balaban J connectivity index is 1.47. The Bertz CT molecular complexity index is 2410. The third-order valence-electron chi connectivity index (χ3n) is 8.24. The summed E-state index contributed by atoms with van der Waals surface area (Å²) in [6.45, 7) is 0.